The van der Waals surface area contributed by atoms with Gasteiger partial charge in [-0.2, -0.15) is 5.10 Å². The molecular weight excluding hydrogens is 250 g/mol. The Morgan fingerprint density at radius 3 is 2.65 bits per heavy atom. The highest BCUT2D eigenvalue weighted by molar-refractivity contribution is 5.79. The highest BCUT2D eigenvalue weighted by atomic mass is 16.1. The molecule has 0 radical (unpaired) electrons. The molecule has 4 nitrogen and oxygen atoms in total. The maximum atomic E-state index is 12.0. The largest absolute Gasteiger partial charge is 0.352 e. The Hall–Kier alpha value is -2.10. The zero-order valence-corrected chi connectivity index (χ0v) is 12.5. The number of aromatic nitrogens is 2. The molecule has 4 heteroatoms. The molecule has 2 aromatic rings. The zero-order chi connectivity index (χ0) is 14.7. The molecule has 2 rings (SSSR count). The molecule has 0 unspecified atom stereocenters. The highest BCUT2D eigenvalue weighted by Gasteiger charge is 2.13. The van der Waals surface area contributed by atoms with Crippen molar-refractivity contribution in [1.29, 1.82) is 0 Å². The quantitative estimate of drug-likeness (QED) is 0.926. The van der Waals surface area contributed by atoms with Crippen molar-refractivity contribution in [1.82, 2.24) is 15.1 Å². The number of hydrogen-bond acceptors (Lipinski definition) is 2. The fraction of sp³-hybridized carbons (Fsp3) is 0.375. The third kappa shape index (κ3) is 3.26. The van der Waals surface area contributed by atoms with Crippen molar-refractivity contribution in [3.8, 4) is 0 Å². The van der Waals surface area contributed by atoms with E-state index in [-0.39, 0.29) is 5.91 Å². The van der Waals surface area contributed by atoms with Crippen LogP contribution in [0.2, 0.25) is 0 Å². The van der Waals surface area contributed by atoms with Gasteiger partial charge in [0.25, 0.3) is 0 Å². The van der Waals surface area contributed by atoms with Crippen molar-refractivity contribution in [3.63, 3.8) is 0 Å². The molecule has 106 valence electrons. The maximum absolute atomic E-state index is 12.0. The molecule has 1 aromatic carbocycles. The van der Waals surface area contributed by atoms with Gasteiger partial charge in [0.1, 0.15) is 0 Å². The average molecular weight is 271 g/mol. The molecule has 0 atom stereocenters. The minimum absolute atomic E-state index is 0.0331. The van der Waals surface area contributed by atoms with E-state index in [1.54, 1.807) is 0 Å². The maximum Gasteiger partial charge on any atom is 0.224 e. The molecule has 0 saturated carbocycles. The molecular formula is C16H21N3O. The van der Waals surface area contributed by atoms with Gasteiger partial charge in [-0.15, -0.1) is 0 Å². The summed E-state index contributed by atoms with van der Waals surface area (Å²) in [6, 6.07) is 8.16. The second-order valence-corrected chi connectivity index (χ2v) is 5.22. The molecule has 0 bridgehead atoms. The Labute approximate surface area is 119 Å². The van der Waals surface area contributed by atoms with Gasteiger partial charge >= 0.3 is 0 Å². The van der Waals surface area contributed by atoms with Crippen LogP contribution in [-0.4, -0.2) is 15.7 Å². The minimum Gasteiger partial charge on any atom is -0.352 e. The summed E-state index contributed by atoms with van der Waals surface area (Å²) in [6.07, 6.45) is 0.386. The molecule has 20 heavy (non-hydrogen) atoms. The highest BCUT2D eigenvalue weighted by Crippen LogP contribution is 2.12. The number of rotatable bonds is 4. The van der Waals surface area contributed by atoms with Crippen LogP contribution in [0.25, 0.3) is 0 Å². The smallest absolute Gasteiger partial charge is 0.224 e. The SMILES string of the molecule is Cc1cccc(CNC(=O)Cc2c(C)nn(C)c2C)c1. The molecule has 1 aromatic heterocycles. The average Bonchev–Trinajstić information content (AvgIpc) is 2.63. The standard InChI is InChI=1S/C16H21N3O/c1-11-6-5-7-14(8-11)10-17-16(20)9-15-12(2)18-19(4)13(15)3/h5-8H,9-10H2,1-4H3,(H,17,20). The first-order chi connectivity index (χ1) is 9.47. The number of hydrogen-bond donors (Lipinski definition) is 1. The summed E-state index contributed by atoms with van der Waals surface area (Å²) in [7, 11) is 1.90. The van der Waals surface area contributed by atoms with Crippen LogP contribution in [0.5, 0.6) is 0 Å². The van der Waals surface area contributed by atoms with Gasteiger partial charge < -0.3 is 5.32 Å². The van der Waals surface area contributed by atoms with Crippen LogP contribution in [0.15, 0.2) is 24.3 Å². The van der Waals surface area contributed by atoms with Crippen LogP contribution in [-0.2, 0) is 24.8 Å². The van der Waals surface area contributed by atoms with Crippen molar-refractivity contribution in [2.75, 3.05) is 0 Å². The number of amides is 1. The number of nitrogens with one attached hydrogen (secondary N) is 1. The number of carbonyl (C=O) groups is 1. The predicted molar refractivity (Wildman–Crippen MR) is 79.4 cm³/mol. The fourth-order valence-electron chi connectivity index (χ4n) is 2.32. The summed E-state index contributed by atoms with van der Waals surface area (Å²) in [6.45, 7) is 6.55. The van der Waals surface area contributed by atoms with Crippen LogP contribution in [0.4, 0.5) is 0 Å². The first kappa shape index (κ1) is 14.3. The Bertz CT molecular complexity index is 629. The normalized spacial score (nSPS) is 10.6. The molecule has 1 N–H and O–H groups in total. The number of benzene rings is 1. The minimum atomic E-state index is 0.0331. The summed E-state index contributed by atoms with van der Waals surface area (Å²) < 4.78 is 1.82. The predicted octanol–water partition coefficient (Wildman–Crippen LogP) is 2.20. The van der Waals surface area contributed by atoms with Crippen LogP contribution < -0.4 is 5.32 Å². The summed E-state index contributed by atoms with van der Waals surface area (Å²) >= 11 is 0. The molecule has 0 aliphatic heterocycles. The first-order valence-corrected chi connectivity index (χ1v) is 6.78. The fourth-order valence-corrected chi connectivity index (χ4v) is 2.32. The molecule has 0 aliphatic carbocycles. The van der Waals surface area contributed by atoms with Crippen molar-refractivity contribution >= 4 is 5.91 Å². The van der Waals surface area contributed by atoms with Crippen molar-refractivity contribution < 1.29 is 4.79 Å². The Balaban J connectivity index is 1.96. The lowest BCUT2D eigenvalue weighted by Gasteiger charge is -2.06. The topological polar surface area (TPSA) is 46.9 Å². The van der Waals surface area contributed by atoms with Gasteiger partial charge in [0.05, 0.1) is 12.1 Å². The van der Waals surface area contributed by atoms with Gasteiger partial charge in [-0.05, 0) is 26.3 Å². The summed E-state index contributed by atoms with van der Waals surface area (Å²) in [5, 5.41) is 7.29. The van der Waals surface area contributed by atoms with E-state index in [9.17, 15) is 4.79 Å². The third-order valence-electron chi connectivity index (χ3n) is 3.57. The van der Waals surface area contributed by atoms with E-state index in [1.807, 2.05) is 50.7 Å². The van der Waals surface area contributed by atoms with Crippen molar-refractivity contribution in [2.45, 2.75) is 33.7 Å². The van der Waals surface area contributed by atoms with E-state index in [2.05, 4.69) is 16.5 Å². The van der Waals surface area contributed by atoms with E-state index in [1.165, 1.54) is 5.56 Å². The lowest BCUT2D eigenvalue weighted by atomic mass is 10.1. The second kappa shape index (κ2) is 5.90. The Morgan fingerprint density at radius 1 is 1.30 bits per heavy atom. The van der Waals surface area contributed by atoms with Gasteiger partial charge in [-0.3, -0.25) is 9.48 Å². The van der Waals surface area contributed by atoms with Gasteiger partial charge in [-0.25, -0.2) is 0 Å². The Morgan fingerprint density at radius 2 is 2.05 bits per heavy atom. The molecule has 0 spiro atoms. The number of aryl methyl sites for hydroxylation is 3. The summed E-state index contributed by atoms with van der Waals surface area (Å²) in [5.74, 6) is 0.0331. The molecule has 0 aliphatic rings. The molecule has 0 saturated heterocycles. The third-order valence-corrected chi connectivity index (χ3v) is 3.57. The van der Waals surface area contributed by atoms with Crippen molar-refractivity contribution in [3.05, 3.63) is 52.3 Å². The Kier molecular flexibility index (Phi) is 4.23. The van der Waals surface area contributed by atoms with E-state index >= 15 is 0 Å². The van der Waals surface area contributed by atoms with Gasteiger partial charge in [0, 0.05) is 24.8 Å². The zero-order valence-electron chi connectivity index (χ0n) is 12.5. The lowest BCUT2D eigenvalue weighted by Crippen LogP contribution is -2.25. The number of carbonyl (C=O) groups excluding carboxylic acids is 1. The van der Waals surface area contributed by atoms with Gasteiger partial charge in [0.2, 0.25) is 5.91 Å². The van der Waals surface area contributed by atoms with Gasteiger partial charge in [0.15, 0.2) is 0 Å². The summed E-state index contributed by atoms with van der Waals surface area (Å²) in [5.41, 5.74) is 5.33. The number of nitrogens with zero attached hydrogens (tertiary/aromatic N) is 2. The first-order valence-electron chi connectivity index (χ1n) is 6.78. The monoisotopic (exact) mass is 271 g/mol. The second-order valence-electron chi connectivity index (χ2n) is 5.22. The van der Waals surface area contributed by atoms with E-state index in [0.717, 1.165) is 22.5 Å². The van der Waals surface area contributed by atoms with E-state index in [4.69, 9.17) is 0 Å². The van der Waals surface area contributed by atoms with E-state index in [0.29, 0.717) is 13.0 Å². The molecule has 0 fully saturated rings. The van der Waals surface area contributed by atoms with Crippen molar-refractivity contribution in [2.24, 2.45) is 7.05 Å². The van der Waals surface area contributed by atoms with Crippen LogP contribution in [0.3, 0.4) is 0 Å². The summed E-state index contributed by atoms with van der Waals surface area (Å²) in [4.78, 5) is 12.0. The van der Waals surface area contributed by atoms with Crippen LogP contribution >= 0.6 is 0 Å². The van der Waals surface area contributed by atoms with Crippen LogP contribution in [0, 0.1) is 20.8 Å². The van der Waals surface area contributed by atoms with Gasteiger partial charge in [-0.1, -0.05) is 29.8 Å². The molecule has 1 heterocycles. The van der Waals surface area contributed by atoms with Crippen LogP contribution in [0.1, 0.15) is 28.1 Å². The lowest BCUT2D eigenvalue weighted by molar-refractivity contribution is -0.120. The molecule has 1 amide bonds. The van der Waals surface area contributed by atoms with E-state index < -0.39 is 0 Å².